The molecule has 0 saturated carbocycles. The molecule has 0 radical (unpaired) electrons. The molecule has 6 nitrogen and oxygen atoms in total. The lowest BCUT2D eigenvalue weighted by Crippen LogP contribution is -2.31. The summed E-state index contributed by atoms with van der Waals surface area (Å²) in [6.07, 6.45) is 0.636. The smallest absolute Gasteiger partial charge is 0.290 e. The Kier molecular flexibility index (Phi) is 5.43. The molecule has 0 N–H and O–H groups in total. The van der Waals surface area contributed by atoms with E-state index in [4.69, 9.17) is 13.9 Å². The van der Waals surface area contributed by atoms with E-state index in [1.165, 1.54) is 0 Å². The van der Waals surface area contributed by atoms with Gasteiger partial charge in [-0.1, -0.05) is 28.1 Å². The fourth-order valence-corrected chi connectivity index (χ4v) is 4.20. The first-order valence-corrected chi connectivity index (χ1v) is 10.0. The maximum absolute atomic E-state index is 13.4. The van der Waals surface area contributed by atoms with E-state index in [-0.39, 0.29) is 17.1 Å². The summed E-state index contributed by atoms with van der Waals surface area (Å²) in [5.41, 5.74) is 1.29. The maximum atomic E-state index is 13.4. The van der Waals surface area contributed by atoms with Crippen molar-refractivity contribution in [3.05, 3.63) is 74.0 Å². The van der Waals surface area contributed by atoms with Crippen molar-refractivity contribution < 1.29 is 18.7 Å². The fraction of sp³-hybridized carbons (Fsp3) is 0.273. The fourth-order valence-electron chi connectivity index (χ4n) is 3.82. The summed E-state index contributed by atoms with van der Waals surface area (Å²) in [6.45, 7) is 0.929. The van der Waals surface area contributed by atoms with Gasteiger partial charge in [0.25, 0.3) is 5.91 Å². The average molecular weight is 458 g/mol. The molecule has 0 fully saturated rings. The van der Waals surface area contributed by atoms with Crippen molar-refractivity contribution in [2.45, 2.75) is 12.5 Å². The molecule has 1 amide bonds. The zero-order chi connectivity index (χ0) is 20.5. The Hall–Kier alpha value is -2.64. The summed E-state index contributed by atoms with van der Waals surface area (Å²) in [5, 5.41) is 0.455. The Labute approximate surface area is 176 Å². The van der Waals surface area contributed by atoms with Gasteiger partial charge >= 0.3 is 0 Å². The summed E-state index contributed by atoms with van der Waals surface area (Å²) in [4.78, 5) is 28.3. The van der Waals surface area contributed by atoms with Gasteiger partial charge in [-0.3, -0.25) is 9.59 Å². The van der Waals surface area contributed by atoms with Gasteiger partial charge in [-0.05, 0) is 36.8 Å². The molecule has 2 aromatic carbocycles. The van der Waals surface area contributed by atoms with E-state index in [0.717, 1.165) is 10.0 Å². The van der Waals surface area contributed by atoms with Crippen LogP contribution in [0, 0.1) is 0 Å². The molecule has 1 aliphatic rings. The molecule has 7 heteroatoms. The molecule has 3 aromatic rings. The number of carbonyl (C=O) groups is 1. The highest BCUT2D eigenvalue weighted by molar-refractivity contribution is 9.10. The van der Waals surface area contributed by atoms with E-state index >= 15 is 0 Å². The first kappa shape index (κ1) is 19.7. The highest BCUT2D eigenvalue weighted by atomic mass is 79.9. The molecule has 0 unspecified atom stereocenters. The van der Waals surface area contributed by atoms with Gasteiger partial charge in [0.1, 0.15) is 11.3 Å². The summed E-state index contributed by atoms with van der Waals surface area (Å²) in [5.74, 6) is 0.396. The number of halogens is 1. The monoisotopic (exact) mass is 457 g/mol. The number of nitrogens with zero attached hydrogens (tertiary/aromatic N) is 1. The highest BCUT2D eigenvalue weighted by Crippen LogP contribution is 2.42. The van der Waals surface area contributed by atoms with Crippen LogP contribution < -0.4 is 10.2 Å². The van der Waals surface area contributed by atoms with Gasteiger partial charge in [0.15, 0.2) is 5.43 Å². The van der Waals surface area contributed by atoms with E-state index in [0.29, 0.717) is 41.9 Å². The molecule has 0 saturated heterocycles. The zero-order valence-electron chi connectivity index (χ0n) is 16.1. The van der Waals surface area contributed by atoms with Gasteiger partial charge in [0.2, 0.25) is 5.76 Å². The average Bonchev–Trinajstić information content (AvgIpc) is 3.00. The topological polar surface area (TPSA) is 69.0 Å². The van der Waals surface area contributed by atoms with Crippen molar-refractivity contribution in [2.24, 2.45) is 0 Å². The van der Waals surface area contributed by atoms with E-state index in [2.05, 4.69) is 15.9 Å². The molecular formula is C22H20BrNO5. The summed E-state index contributed by atoms with van der Waals surface area (Å²) in [6, 6.07) is 11.9. The second-order valence-corrected chi connectivity index (χ2v) is 7.72. The Morgan fingerprint density at radius 2 is 1.93 bits per heavy atom. The lowest BCUT2D eigenvalue weighted by atomic mass is 9.97. The molecule has 0 aliphatic carbocycles. The number of para-hydroxylation sites is 1. The number of hydrogen-bond acceptors (Lipinski definition) is 5. The minimum atomic E-state index is -0.595. The number of methoxy groups -OCH3 is 2. The number of ether oxygens (including phenoxy) is 2. The number of benzene rings is 2. The number of fused-ring (bicyclic) bond motifs is 2. The minimum absolute atomic E-state index is 0.0955. The van der Waals surface area contributed by atoms with Crippen LogP contribution in [0.25, 0.3) is 11.0 Å². The summed E-state index contributed by atoms with van der Waals surface area (Å²) >= 11 is 3.49. The van der Waals surface area contributed by atoms with Crippen LogP contribution in [-0.2, 0) is 4.74 Å². The van der Waals surface area contributed by atoms with Crippen LogP contribution in [0.2, 0.25) is 0 Å². The predicted octanol–water partition coefficient (Wildman–Crippen LogP) is 4.15. The van der Waals surface area contributed by atoms with Crippen LogP contribution in [0.4, 0.5) is 0 Å². The summed E-state index contributed by atoms with van der Waals surface area (Å²) < 4.78 is 17.4. The van der Waals surface area contributed by atoms with Gasteiger partial charge in [-0.2, -0.15) is 0 Å². The maximum Gasteiger partial charge on any atom is 0.290 e. The molecule has 2 heterocycles. The zero-order valence-corrected chi connectivity index (χ0v) is 17.7. The lowest BCUT2D eigenvalue weighted by Gasteiger charge is -2.26. The van der Waals surface area contributed by atoms with Crippen LogP contribution in [0.5, 0.6) is 5.75 Å². The molecular weight excluding hydrogens is 438 g/mol. The normalized spacial score (nSPS) is 15.8. The summed E-state index contributed by atoms with van der Waals surface area (Å²) in [7, 11) is 3.19. The Morgan fingerprint density at radius 1 is 1.14 bits per heavy atom. The van der Waals surface area contributed by atoms with Gasteiger partial charge in [-0.15, -0.1) is 0 Å². The molecule has 1 aliphatic heterocycles. The number of rotatable bonds is 6. The lowest BCUT2D eigenvalue weighted by molar-refractivity contribution is 0.0706. The Bertz CT molecular complexity index is 1140. The van der Waals surface area contributed by atoms with E-state index < -0.39 is 6.04 Å². The minimum Gasteiger partial charge on any atom is -0.496 e. The van der Waals surface area contributed by atoms with E-state index in [9.17, 15) is 9.59 Å². The van der Waals surface area contributed by atoms with Crippen molar-refractivity contribution >= 4 is 32.8 Å². The first-order valence-electron chi connectivity index (χ1n) is 9.26. The van der Waals surface area contributed by atoms with Crippen molar-refractivity contribution in [3.63, 3.8) is 0 Å². The second-order valence-electron chi connectivity index (χ2n) is 6.80. The molecule has 0 spiro atoms. The number of hydrogen-bond donors (Lipinski definition) is 0. The third kappa shape index (κ3) is 3.34. The number of amides is 1. The van der Waals surface area contributed by atoms with Crippen molar-refractivity contribution in [2.75, 3.05) is 27.4 Å². The molecule has 29 heavy (non-hydrogen) atoms. The third-order valence-corrected chi connectivity index (χ3v) is 5.60. The molecule has 1 atom stereocenters. The van der Waals surface area contributed by atoms with Gasteiger partial charge in [-0.25, -0.2) is 0 Å². The van der Waals surface area contributed by atoms with Crippen molar-refractivity contribution in [1.29, 1.82) is 0 Å². The molecule has 0 bridgehead atoms. The van der Waals surface area contributed by atoms with Crippen LogP contribution >= 0.6 is 15.9 Å². The molecule has 4 rings (SSSR count). The van der Waals surface area contributed by atoms with Crippen LogP contribution in [0.1, 0.15) is 34.1 Å². The predicted molar refractivity (Wildman–Crippen MR) is 113 cm³/mol. The standard InChI is InChI=1S/C22H20BrNO5/c1-27-11-5-10-24-19(15-12-13(23)8-9-16(15)28-2)18-20(25)14-6-3-4-7-17(14)29-21(18)22(24)26/h3-4,6-9,12,19H,5,10-11H2,1-2H3/t19-/m1/s1. The highest BCUT2D eigenvalue weighted by Gasteiger charge is 2.43. The number of carbonyl (C=O) groups excluding carboxylic acids is 1. The van der Waals surface area contributed by atoms with Crippen LogP contribution in [0.3, 0.4) is 0 Å². The van der Waals surface area contributed by atoms with Crippen molar-refractivity contribution in [1.82, 2.24) is 4.90 Å². The van der Waals surface area contributed by atoms with Crippen LogP contribution in [-0.4, -0.2) is 38.2 Å². The van der Waals surface area contributed by atoms with Gasteiger partial charge < -0.3 is 18.8 Å². The van der Waals surface area contributed by atoms with Gasteiger partial charge in [0, 0.05) is 30.3 Å². The second kappa shape index (κ2) is 8.00. The molecule has 150 valence electrons. The Morgan fingerprint density at radius 3 is 2.69 bits per heavy atom. The third-order valence-electron chi connectivity index (χ3n) is 5.11. The quantitative estimate of drug-likeness (QED) is 0.520. The first-order chi connectivity index (χ1) is 14.1. The SMILES string of the molecule is COCCCN1C(=O)c2oc3ccccc3c(=O)c2[C@H]1c1cc(Br)ccc1OC. The van der Waals surface area contributed by atoms with Crippen molar-refractivity contribution in [3.8, 4) is 5.75 Å². The Balaban J connectivity index is 1.96. The molecule has 1 aromatic heterocycles. The van der Waals surface area contributed by atoms with Crippen LogP contribution in [0.15, 0.2) is 56.1 Å². The van der Waals surface area contributed by atoms with E-state index in [1.807, 2.05) is 18.2 Å². The van der Waals surface area contributed by atoms with Gasteiger partial charge in [0.05, 0.1) is 24.1 Å². The van der Waals surface area contributed by atoms with E-state index in [1.54, 1.807) is 43.4 Å². The largest absolute Gasteiger partial charge is 0.496 e.